The molecule has 5 nitrogen and oxygen atoms in total. The number of hydrogen-bond acceptors (Lipinski definition) is 4. The minimum Gasteiger partial charge on any atom is -0.368 e. The lowest BCUT2D eigenvalue weighted by atomic mass is 10.3. The molecule has 0 bridgehead atoms. The van der Waals surface area contributed by atoms with Gasteiger partial charge in [0, 0.05) is 0 Å². The van der Waals surface area contributed by atoms with Crippen LogP contribution in [0.15, 0.2) is 23.1 Å². The number of benzene rings is 1. The monoisotopic (exact) mass is 280 g/mol. The highest BCUT2D eigenvalue weighted by Gasteiger charge is 2.22. The molecule has 0 aliphatic rings. The normalized spacial score (nSPS) is 13.4. The Morgan fingerprint density at radius 3 is 2.53 bits per heavy atom. The molecule has 1 amide bonds. The lowest BCUT2D eigenvalue weighted by Crippen LogP contribution is -2.41. The van der Waals surface area contributed by atoms with Crippen LogP contribution in [0, 0.1) is 5.82 Å². The molecule has 0 saturated heterocycles. The molecule has 1 aromatic carbocycles. The average Bonchev–Trinajstić information content (AvgIpc) is 2.21. The van der Waals surface area contributed by atoms with Gasteiger partial charge in [0.2, 0.25) is 5.91 Å². The number of sulfone groups is 1. The predicted molar refractivity (Wildman–Crippen MR) is 60.6 cm³/mol. The first kappa shape index (κ1) is 13.9. The second-order valence-electron chi connectivity index (χ2n) is 3.37. The van der Waals surface area contributed by atoms with Crippen LogP contribution in [0.3, 0.4) is 0 Å². The molecule has 1 aromatic rings. The number of hydrogen-bond donors (Lipinski definition) is 2. The third-order valence-electron chi connectivity index (χ3n) is 2.01. The first-order valence-corrected chi connectivity index (χ1v) is 6.50. The molecule has 1 unspecified atom stereocenters. The summed E-state index contributed by atoms with van der Waals surface area (Å²) in [6, 6.07) is 1.61. The molecule has 1 rings (SSSR count). The Morgan fingerprint density at radius 1 is 1.47 bits per heavy atom. The van der Waals surface area contributed by atoms with E-state index in [2.05, 4.69) is 0 Å². The van der Waals surface area contributed by atoms with Gasteiger partial charge in [0.1, 0.15) is 5.82 Å². The van der Waals surface area contributed by atoms with Crippen molar-refractivity contribution < 1.29 is 17.6 Å². The van der Waals surface area contributed by atoms with E-state index in [4.69, 9.17) is 23.1 Å². The summed E-state index contributed by atoms with van der Waals surface area (Å²) in [5.74, 6) is -2.31. The quantitative estimate of drug-likeness (QED) is 0.761. The first-order valence-electron chi connectivity index (χ1n) is 4.47. The van der Waals surface area contributed by atoms with Crippen molar-refractivity contribution >= 4 is 27.3 Å². The lowest BCUT2D eigenvalue weighted by Gasteiger charge is -2.09. The van der Waals surface area contributed by atoms with Gasteiger partial charge in [-0.25, -0.2) is 12.8 Å². The molecular formula is C9H10ClFN2O3S. The van der Waals surface area contributed by atoms with Gasteiger partial charge in [0.15, 0.2) is 9.84 Å². The van der Waals surface area contributed by atoms with Gasteiger partial charge in [0.25, 0.3) is 0 Å². The molecule has 0 saturated carbocycles. The minimum atomic E-state index is -3.82. The second-order valence-corrected chi connectivity index (χ2v) is 5.81. The van der Waals surface area contributed by atoms with Crippen molar-refractivity contribution in [1.82, 2.24) is 0 Å². The molecule has 0 heterocycles. The Kier molecular flexibility index (Phi) is 4.07. The van der Waals surface area contributed by atoms with Gasteiger partial charge < -0.3 is 11.5 Å². The third kappa shape index (κ3) is 3.39. The molecule has 4 N–H and O–H groups in total. The summed E-state index contributed by atoms with van der Waals surface area (Å²) in [5.41, 5.74) is 10.1. The molecule has 94 valence electrons. The van der Waals surface area contributed by atoms with Crippen LogP contribution in [0.25, 0.3) is 0 Å². The van der Waals surface area contributed by atoms with Crippen LogP contribution in [-0.2, 0) is 14.6 Å². The molecule has 0 aliphatic heterocycles. The zero-order chi connectivity index (χ0) is 13.2. The Balaban J connectivity index is 3.05. The summed E-state index contributed by atoms with van der Waals surface area (Å²) in [6.45, 7) is 0. The van der Waals surface area contributed by atoms with Gasteiger partial charge in [-0.1, -0.05) is 11.6 Å². The van der Waals surface area contributed by atoms with E-state index in [0.29, 0.717) is 0 Å². The average molecular weight is 281 g/mol. The minimum absolute atomic E-state index is 0.208. The van der Waals surface area contributed by atoms with Gasteiger partial charge in [-0.2, -0.15) is 0 Å². The highest BCUT2D eigenvalue weighted by molar-refractivity contribution is 7.91. The van der Waals surface area contributed by atoms with Crippen molar-refractivity contribution in [2.24, 2.45) is 11.5 Å². The van der Waals surface area contributed by atoms with E-state index in [1.165, 1.54) is 0 Å². The number of carbonyl (C=O) groups is 1. The van der Waals surface area contributed by atoms with Crippen molar-refractivity contribution in [3.63, 3.8) is 0 Å². The molecule has 17 heavy (non-hydrogen) atoms. The zero-order valence-electron chi connectivity index (χ0n) is 8.56. The fraction of sp³-hybridized carbons (Fsp3) is 0.222. The second kappa shape index (κ2) is 4.99. The van der Waals surface area contributed by atoms with Crippen LogP contribution in [-0.4, -0.2) is 26.1 Å². The van der Waals surface area contributed by atoms with Crippen molar-refractivity contribution in [2.45, 2.75) is 10.9 Å². The summed E-state index contributed by atoms with van der Waals surface area (Å²) in [7, 11) is -3.82. The number of rotatable bonds is 4. The summed E-state index contributed by atoms with van der Waals surface area (Å²) in [5, 5.41) is -0.321. The van der Waals surface area contributed by atoms with Crippen molar-refractivity contribution in [3.05, 3.63) is 29.0 Å². The van der Waals surface area contributed by atoms with Crippen molar-refractivity contribution in [1.29, 1.82) is 0 Å². The summed E-state index contributed by atoms with van der Waals surface area (Å²) in [4.78, 5) is 10.5. The number of nitrogens with two attached hydrogens (primary N) is 2. The van der Waals surface area contributed by atoms with E-state index in [-0.39, 0.29) is 9.92 Å². The molecule has 0 radical (unpaired) electrons. The number of amides is 1. The number of halogens is 2. The molecule has 0 aliphatic carbocycles. The maximum Gasteiger partial charge on any atom is 0.235 e. The summed E-state index contributed by atoms with van der Waals surface area (Å²) < 4.78 is 36.3. The topological polar surface area (TPSA) is 103 Å². The van der Waals surface area contributed by atoms with Crippen LogP contribution in [0.4, 0.5) is 4.39 Å². The van der Waals surface area contributed by atoms with Crippen LogP contribution in [0.1, 0.15) is 0 Å². The fourth-order valence-electron chi connectivity index (χ4n) is 1.09. The maximum absolute atomic E-state index is 12.9. The van der Waals surface area contributed by atoms with Crippen LogP contribution < -0.4 is 11.5 Å². The van der Waals surface area contributed by atoms with E-state index >= 15 is 0 Å². The largest absolute Gasteiger partial charge is 0.368 e. The SMILES string of the molecule is NC(=O)C(N)CS(=O)(=O)c1ccc(F)c(Cl)c1. The van der Waals surface area contributed by atoms with E-state index in [1.807, 2.05) is 0 Å². The molecule has 8 heteroatoms. The van der Waals surface area contributed by atoms with Gasteiger partial charge in [0.05, 0.1) is 21.7 Å². The molecule has 1 atom stereocenters. The molecule has 0 fully saturated rings. The zero-order valence-corrected chi connectivity index (χ0v) is 10.1. The van der Waals surface area contributed by atoms with E-state index in [9.17, 15) is 17.6 Å². The number of carbonyl (C=O) groups excluding carboxylic acids is 1. The molecular weight excluding hydrogens is 271 g/mol. The third-order valence-corrected chi connectivity index (χ3v) is 4.07. The van der Waals surface area contributed by atoms with Crippen LogP contribution in [0.5, 0.6) is 0 Å². The van der Waals surface area contributed by atoms with Gasteiger partial charge in [-0.3, -0.25) is 4.79 Å². The predicted octanol–water partition coefficient (Wildman–Crippen LogP) is 0.0654. The van der Waals surface area contributed by atoms with Crippen LogP contribution >= 0.6 is 11.6 Å². The lowest BCUT2D eigenvalue weighted by molar-refractivity contribution is -0.118. The van der Waals surface area contributed by atoms with E-state index in [0.717, 1.165) is 18.2 Å². The highest BCUT2D eigenvalue weighted by atomic mass is 35.5. The van der Waals surface area contributed by atoms with E-state index < -0.39 is 33.4 Å². The Morgan fingerprint density at radius 2 is 2.06 bits per heavy atom. The maximum atomic E-state index is 12.9. The first-order chi connectivity index (χ1) is 7.74. The fourth-order valence-corrected chi connectivity index (χ4v) is 2.73. The van der Waals surface area contributed by atoms with Crippen molar-refractivity contribution in [3.8, 4) is 0 Å². The highest BCUT2D eigenvalue weighted by Crippen LogP contribution is 2.20. The van der Waals surface area contributed by atoms with Gasteiger partial charge >= 0.3 is 0 Å². The summed E-state index contributed by atoms with van der Waals surface area (Å²) in [6.07, 6.45) is 0. The Bertz CT molecular complexity index is 547. The van der Waals surface area contributed by atoms with Gasteiger partial charge in [-0.05, 0) is 18.2 Å². The smallest absolute Gasteiger partial charge is 0.235 e. The standard InChI is InChI=1S/C9H10ClFN2O3S/c10-6-3-5(1-2-7(6)11)17(15,16)4-8(12)9(13)14/h1-3,8H,4,12H2,(H2,13,14). The summed E-state index contributed by atoms with van der Waals surface area (Å²) >= 11 is 5.46. The molecule has 0 aromatic heterocycles. The van der Waals surface area contributed by atoms with Gasteiger partial charge in [-0.15, -0.1) is 0 Å². The number of primary amides is 1. The van der Waals surface area contributed by atoms with Crippen LogP contribution in [0.2, 0.25) is 5.02 Å². The Labute approximate surface area is 102 Å². The molecule has 0 spiro atoms. The van der Waals surface area contributed by atoms with Crippen molar-refractivity contribution in [2.75, 3.05) is 5.75 Å². The van der Waals surface area contributed by atoms with E-state index in [1.54, 1.807) is 0 Å². The Hall–Kier alpha value is -1.18.